The molecule has 0 spiro atoms. The van der Waals surface area contributed by atoms with Crippen LogP contribution < -0.4 is 5.32 Å². The molecular formula is C15H13ClFN3OS. The number of carbonyl (C=O) groups is 1. The highest BCUT2D eigenvalue weighted by Crippen LogP contribution is 2.35. The minimum atomic E-state index is -0.343. The van der Waals surface area contributed by atoms with E-state index in [9.17, 15) is 9.18 Å². The highest BCUT2D eigenvalue weighted by Gasteiger charge is 2.19. The number of thiophene rings is 1. The maximum Gasteiger partial charge on any atom is 0.263 e. The lowest BCUT2D eigenvalue weighted by molar-refractivity contribution is 0.0940. The predicted octanol–water partition coefficient (Wildman–Crippen LogP) is 3.71. The minimum Gasteiger partial charge on any atom is -0.347 e. The lowest BCUT2D eigenvalue weighted by Gasteiger charge is -2.13. The Balaban J connectivity index is 1.78. The van der Waals surface area contributed by atoms with Gasteiger partial charge in [-0.05, 0) is 31.2 Å². The van der Waals surface area contributed by atoms with Crippen LogP contribution in [0.25, 0.3) is 10.1 Å². The number of halogens is 2. The average molecular weight is 338 g/mol. The summed E-state index contributed by atoms with van der Waals surface area (Å²) in [6.45, 7) is 2.45. The summed E-state index contributed by atoms with van der Waals surface area (Å²) in [5.74, 6) is -0.601. The minimum absolute atomic E-state index is 0.106. The van der Waals surface area contributed by atoms with Crippen LogP contribution in [0.15, 0.2) is 36.7 Å². The fraction of sp³-hybridized carbons (Fsp3) is 0.200. The maximum atomic E-state index is 13.3. The van der Waals surface area contributed by atoms with Crippen molar-refractivity contribution >= 4 is 38.9 Å². The summed E-state index contributed by atoms with van der Waals surface area (Å²) in [7, 11) is 0. The summed E-state index contributed by atoms with van der Waals surface area (Å²) >= 11 is 7.43. The molecule has 2 heterocycles. The van der Waals surface area contributed by atoms with E-state index in [1.165, 1.54) is 23.5 Å². The smallest absolute Gasteiger partial charge is 0.263 e. The van der Waals surface area contributed by atoms with Crippen molar-refractivity contribution in [2.45, 2.75) is 19.5 Å². The van der Waals surface area contributed by atoms with E-state index < -0.39 is 0 Å². The van der Waals surface area contributed by atoms with Crippen LogP contribution in [0.4, 0.5) is 4.39 Å². The second-order valence-corrected chi connectivity index (χ2v) is 6.42. The largest absolute Gasteiger partial charge is 0.347 e. The van der Waals surface area contributed by atoms with Crippen LogP contribution >= 0.6 is 22.9 Å². The average Bonchev–Trinajstić information content (AvgIpc) is 3.07. The standard InChI is InChI=1S/C15H13ClFN3OS/c1-9(8-20-6-2-5-18-20)19-15(21)14-13(16)11-4-3-10(17)7-12(11)22-14/h2-7,9H,8H2,1H3,(H,19,21)/t9-/m0/s1. The van der Waals surface area contributed by atoms with E-state index in [1.54, 1.807) is 16.9 Å². The first-order valence-electron chi connectivity index (χ1n) is 6.70. The van der Waals surface area contributed by atoms with Crippen LogP contribution in [0, 0.1) is 5.82 Å². The molecule has 0 unspecified atom stereocenters. The molecule has 22 heavy (non-hydrogen) atoms. The van der Waals surface area contributed by atoms with Crippen molar-refractivity contribution in [1.29, 1.82) is 0 Å². The Hall–Kier alpha value is -1.92. The quantitative estimate of drug-likeness (QED) is 0.789. The third-order valence-electron chi connectivity index (χ3n) is 3.20. The number of fused-ring (bicyclic) bond motifs is 1. The fourth-order valence-electron chi connectivity index (χ4n) is 2.21. The van der Waals surface area contributed by atoms with Crippen molar-refractivity contribution in [1.82, 2.24) is 15.1 Å². The lowest BCUT2D eigenvalue weighted by atomic mass is 10.2. The van der Waals surface area contributed by atoms with Gasteiger partial charge in [-0.1, -0.05) is 11.6 Å². The van der Waals surface area contributed by atoms with Crippen molar-refractivity contribution < 1.29 is 9.18 Å². The van der Waals surface area contributed by atoms with Crippen LogP contribution in [-0.4, -0.2) is 21.7 Å². The third-order valence-corrected chi connectivity index (χ3v) is 4.85. The predicted molar refractivity (Wildman–Crippen MR) is 85.9 cm³/mol. The molecule has 0 bridgehead atoms. The SMILES string of the molecule is C[C@@H](Cn1cccn1)NC(=O)c1sc2cc(F)ccc2c1Cl. The molecule has 0 aliphatic carbocycles. The molecule has 0 fully saturated rings. The summed E-state index contributed by atoms with van der Waals surface area (Å²) in [6.07, 6.45) is 3.52. The molecule has 1 amide bonds. The molecule has 0 saturated carbocycles. The van der Waals surface area contributed by atoms with Crippen molar-refractivity contribution in [3.63, 3.8) is 0 Å². The fourth-order valence-corrected chi connectivity index (χ4v) is 3.65. The van der Waals surface area contributed by atoms with E-state index in [1.807, 2.05) is 19.2 Å². The van der Waals surface area contributed by atoms with Crippen molar-refractivity contribution in [2.75, 3.05) is 0 Å². The van der Waals surface area contributed by atoms with Gasteiger partial charge in [-0.25, -0.2) is 4.39 Å². The molecule has 2 aromatic heterocycles. The number of nitrogens with zero attached hydrogens (tertiary/aromatic N) is 2. The molecule has 4 nitrogen and oxygen atoms in total. The Morgan fingerprint density at radius 3 is 3.09 bits per heavy atom. The Bertz CT molecular complexity index is 816. The highest BCUT2D eigenvalue weighted by atomic mass is 35.5. The first-order valence-corrected chi connectivity index (χ1v) is 7.90. The van der Waals surface area contributed by atoms with Gasteiger partial charge in [-0.2, -0.15) is 5.10 Å². The Labute approximate surface area is 135 Å². The monoisotopic (exact) mass is 337 g/mol. The second-order valence-electron chi connectivity index (χ2n) is 4.99. The number of nitrogens with one attached hydrogen (secondary N) is 1. The number of hydrogen-bond donors (Lipinski definition) is 1. The Morgan fingerprint density at radius 2 is 2.36 bits per heavy atom. The Kier molecular flexibility index (Phi) is 4.13. The molecule has 0 aliphatic rings. The van der Waals surface area contributed by atoms with Gasteiger partial charge in [0.05, 0.1) is 11.6 Å². The molecule has 1 N–H and O–H groups in total. The van der Waals surface area contributed by atoms with Crippen LogP contribution in [0.2, 0.25) is 5.02 Å². The van der Waals surface area contributed by atoms with Crippen LogP contribution in [0.3, 0.4) is 0 Å². The molecule has 1 aromatic carbocycles. The van der Waals surface area contributed by atoms with Crippen LogP contribution in [0.5, 0.6) is 0 Å². The number of hydrogen-bond acceptors (Lipinski definition) is 3. The number of carbonyl (C=O) groups excluding carboxylic acids is 1. The van der Waals surface area contributed by atoms with Gasteiger partial charge in [0.2, 0.25) is 0 Å². The van der Waals surface area contributed by atoms with Crippen LogP contribution in [0.1, 0.15) is 16.6 Å². The van der Waals surface area contributed by atoms with Crippen molar-refractivity contribution in [3.05, 3.63) is 52.4 Å². The number of aromatic nitrogens is 2. The number of amides is 1. The van der Waals surface area contributed by atoms with Crippen molar-refractivity contribution in [3.8, 4) is 0 Å². The first kappa shape index (κ1) is 15.0. The van der Waals surface area contributed by atoms with Gasteiger partial charge >= 0.3 is 0 Å². The molecule has 0 aliphatic heterocycles. The molecule has 1 atom stereocenters. The Morgan fingerprint density at radius 1 is 1.55 bits per heavy atom. The van der Waals surface area contributed by atoms with E-state index in [0.717, 1.165) is 0 Å². The summed E-state index contributed by atoms with van der Waals surface area (Å²) in [5.41, 5.74) is 0. The van der Waals surface area contributed by atoms with Gasteiger partial charge in [-0.3, -0.25) is 9.48 Å². The first-order chi connectivity index (χ1) is 10.5. The van der Waals surface area contributed by atoms with Crippen molar-refractivity contribution in [2.24, 2.45) is 0 Å². The zero-order chi connectivity index (χ0) is 15.7. The van der Waals surface area contributed by atoms with E-state index in [0.29, 0.717) is 26.5 Å². The molecular weight excluding hydrogens is 325 g/mol. The lowest BCUT2D eigenvalue weighted by Crippen LogP contribution is -2.35. The summed E-state index contributed by atoms with van der Waals surface area (Å²) in [6, 6.07) is 6.03. The highest BCUT2D eigenvalue weighted by molar-refractivity contribution is 7.21. The maximum absolute atomic E-state index is 13.3. The normalized spacial score (nSPS) is 12.5. The number of rotatable bonds is 4. The molecule has 114 valence electrons. The summed E-state index contributed by atoms with van der Waals surface area (Å²) in [4.78, 5) is 12.7. The van der Waals surface area contributed by atoms with Gasteiger partial charge in [0.25, 0.3) is 5.91 Å². The van der Waals surface area contributed by atoms with E-state index in [2.05, 4.69) is 10.4 Å². The molecule has 0 radical (unpaired) electrons. The number of benzene rings is 1. The van der Waals surface area contributed by atoms with Crippen LogP contribution in [-0.2, 0) is 6.54 Å². The molecule has 3 aromatic rings. The molecule has 0 saturated heterocycles. The van der Waals surface area contributed by atoms with Gasteiger partial charge in [0.1, 0.15) is 10.7 Å². The second kappa shape index (κ2) is 6.06. The van der Waals surface area contributed by atoms with E-state index >= 15 is 0 Å². The molecule has 3 rings (SSSR count). The van der Waals surface area contributed by atoms with E-state index in [4.69, 9.17) is 11.6 Å². The van der Waals surface area contributed by atoms with Gasteiger partial charge in [-0.15, -0.1) is 11.3 Å². The third kappa shape index (κ3) is 2.98. The van der Waals surface area contributed by atoms with Gasteiger partial charge in [0, 0.05) is 28.5 Å². The van der Waals surface area contributed by atoms with E-state index in [-0.39, 0.29) is 17.8 Å². The van der Waals surface area contributed by atoms with Gasteiger partial charge < -0.3 is 5.32 Å². The topological polar surface area (TPSA) is 46.9 Å². The van der Waals surface area contributed by atoms with Gasteiger partial charge in [0.15, 0.2) is 0 Å². The summed E-state index contributed by atoms with van der Waals surface area (Å²) in [5, 5.41) is 8.04. The summed E-state index contributed by atoms with van der Waals surface area (Å²) < 4.78 is 15.7. The molecule has 7 heteroatoms. The zero-order valence-corrected chi connectivity index (χ0v) is 13.3. The zero-order valence-electron chi connectivity index (χ0n) is 11.7.